The van der Waals surface area contributed by atoms with E-state index < -0.39 is 0 Å². The number of hydrogen-bond acceptors (Lipinski definition) is 3. The fourth-order valence-electron chi connectivity index (χ4n) is 1.79. The Morgan fingerprint density at radius 2 is 2.12 bits per heavy atom. The van der Waals surface area contributed by atoms with E-state index in [1.165, 1.54) is 6.33 Å². The zero-order valence-electron chi connectivity index (χ0n) is 9.68. The number of aromatic nitrogens is 3. The summed E-state index contributed by atoms with van der Waals surface area (Å²) in [5.74, 6) is 0.771. The molecule has 1 unspecified atom stereocenters. The summed E-state index contributed by atoms with van der Waals surface area (Å²) >= 11 is 0. The van der Waals surface area contributed by atoms with E-state index in [2.05, 4.69) is 36.9 Å². The number of rotatable bonds is 2. The average Bonchev–Trinajstić information content (AvgIpc) is 2.66. The Balaban J connectivity index is 2.70. The van der Waals surface area contributed by atoms with Gasteiger partial charge in [-0.25, -0.2) is 9.50 Å². The minimum absolute atomic E-state index is 0.298. The van der Waals surface area contributed by atoms with E-state index in [0.29, 0.717) is 17.4 Å². The molecule has 0 amide bonds. The van der Waals surface area contributed by atoms with E-state index in [1.807, 2.05) is 10.6 Å². The van der Waals surface area contributed by atoms with Gasteiger partial charge >= 0.3 is 0 Å². The Hall–Kier alpha value is -1.89. The van der Waals surface area contributed by atoms with Gasteiger partial charge in [0.15, 0.2) is 0 Å². The molecule has 4 heteroatoms. The molecule has 82 valence electrons. The molecular formula is C12H14N4. The molecule has 2 heterocycles. The van der Waals surface area contributed by atoms with Crippen molar-refractivity contribution >= 4 is 5.52 Å². The van der Waals surface area contributed by atoms with Crippen LogP contribution < -0.4 is 0 Å². The Morgan fingerprint density at radius 3 is 2.75 bits per heavy atom. The molecule has 2 rings (SSSR count). The maximum Gasteiger partial charge on any atom is 0.136 e. The smallest absolute Gasteiger partial charge is 0.136 e. The normalized spacial score (nSPS) is 12.9. The summed E-state index contributed by atoms with van der Waals surface area (Å²) in [6, 6.07) is 4.07. The number of hydrogen-bond donors (Lipinski definition) is 0. The molecule has 4 nitrogen and oxygen atoms in total. The fourth-order valence-corrected chi connectivity index (χ4v) is 1.79. The van der Waals surface area contributed by atoms with Crippen molar-refractivity contribution in [1.29, 1.82) is 5.26 Å². The van der Waals surface area contributed by atoms with E-state index in [1.54, 1.807) is 6.20 Å². The lowest BCUT2D eigenvalue weighted by molar-refractivity contribution is 0.512. The van der Waals surface area contributed by atoms with Crippen LogP contribution in [0.25, 0.3) is 5.52 Å². The van der Waals surface area contributed by atoms with Crippen molar-refractivity contribution in [2.75, 3.05) is 0 Å². The molecule has 0 saturated heterocycles. The Bertz CT molecular complexity index is 548. The largest absolute Gasteiger partial charge is 0.241 e. The molecule has 2 aromatic rings. The monoisotopic (exact) mass is 214 g/mol. The van der Waals surface area contributed by atoms with Crippen LogP contribution in [-0.2, 0) is 0 Å². The SMILES string of the molecule is CC(C)C(C)c1c(C#N)cc2cncnn12. The standard InChI is InChI=1S/C12H14N4/c1-8(2)9(3)12-10(5-13)4-11-6-14-7-15-16(11)12/h4,6-9H,1-3H3. The summed E-state index contributed by atoms with van der Waals surface area (Å²) < 4.78 is 1.82. The molecule has 0 N–H and O–H groups in total. The molecule has 0 aliphatic rings. The minimum atomic E-state index is 0.298. The van der Waals surface area contributed by atoms with Gasteiger partial charge in [0.1, 0.15) is 12.4 Å². The first-order valence-electron chi connectivity index (χ1n) is 5.37. The lowest BCUT2D eigenvalue weighted by Gasteiger charge is -2.15. The van der Waals surface area contributed by atoms with Crippen LogP contribution >= 0.6 is 0 Å². The highest BCUT2D eigenvalue weighted by atomic mass is 15.2. The van der Waals surface area contributed by atoms with Gasteiger partial charge in [0.2, 0.25) is 0 Å². The molecule has 1 atom stereocenters. The zero-order chi connectivity index (χ0) is 11.7. The number of nitrogens with zero attached hydrogens (tertiary/aromatic N) is 4. The molecule has 0 saturated carbocycles. The quantitative estimate of drug-likeness (QED) is 0.771. The molecular weight excluding hydrogens is 200 g/mol. The zero-order valence-corrected chi connectivity index (χ0v) is 9.68. The topological polar surface area (TPSA) is 54.0 Å². The third-order valence-electron chi connectivity index (χ3n) is 3.03. The van der Waals surface area contributed by atoms with E-state index in [0.717, 1.165) is 11.2 Å². The summed E-state index contributed by atoms with van der Waals surface area (Å²) in [5.41, 5.74) is 2.55. The van der Waals surface area contributed by atoms with E-state index >= 15 is 0 Å². The van der Waals surface area contributed by atoms with Crippen molar-refractivity contribution in [1.82, 2.24) is 14.6 Å². The van der Waals surface area contributed by atoms with Crippen LogP contribution in [0.15, 0.2) is 18.6 Å². The van der Waals surface area contributed by atoms with Gasteiger partial charge in [-0.1, -0.05) is 20.8 Å². The van der Waals surface area contributed by atoms with Gasteiger partial charge in [-0.15, -0.1) is 0 Å². The van der Waals surface area contributed by atoms with Gasteiger partial charge in [0, 0.05) is 5.92 Å². The van der Waals surface area contributed by atoms with Gasteiger partial charge < -0.3 is 0 Å². The van der Waals surface area contributed by atoms with Crippen molar-refractivity contribution in [2.24, 2.45) is 5.92 Å². The highest BCUT2D eigenvalue weighted by Crippen LogP contribution is 2.28. The molecule has 0 aromatic carbocycles. The van der Waals surface area contributed by atoms with Crippen LogP contribution in [0.5, 0.6) is 0 Å². The molecule has 16 heavy (non-hydrogen) atoms. The van der Waals surface area contributed by atoms with Gasteiger partial charge in [-0.2, -0.15) is 10.4 Å². The average molecular weight is 214 g/mol. The van der Waals surface area contributed by atoms with Crippen molar-refractivity contribution in [3.05, 3.63) is 29.8 Å². The molecule has 0 spiro atoms. The summed E-state index contributed by atoms with van der Waals surface area (Å²) in [4.78, 5) is 3.96. The second-order valence-corrected chi connectivity index (χ2v) is 4.33. The predicted octanol–water partition coefficient (Wildman–Crippen LogP) is 2.36. The fraction of sp³-hybridized carbons (Fsp3) is 0.417. The van der Waals surface area contributed by atoms with E-state index in [4.69, 9.17) is 5.26 Å². The first-order chi connectivity index (χ1) is 7.65. The molecule has 0 fully saturated rings. The second-order valence-electron chi connectivity index (χ2n) is 4.33. The van der Waals surface area contributed by atoms with E-state index in [-0.39, 0.29) is 0 Å². The first-order valence-corrected chi connectivity index (χ1v) is 5.37. The maximum absolute atomic E-state index is 9.14. The molecule has 0 aliphatic carbocycles. The van der Waals surface area contributed by atoms with Gasteiger partial charge in [0.05, 0.1) is 23.0 Å². The van der Waals surface area contributed by atoms with Gasteiger partial charge in [0.25, 0.3) is 0 Å². The van der Waals surface area contributed by atoms with Gasteiger partial charge in [-0.3, -0.25) is 0 Å². The Morgan fingerprint density at radius 1 is 1.38 bits per heavy atom. The maximum atomic E-state index is 9.14. The van der Waals surface area contributed by atoms with Crippen LogP contribution in [0, 0.1) is 17.2 Å². The van der Waals surface area contributed by atoms with Crippen LogP contribution in [0.2, 0.25) is 0 Å². The van der Waals surface area contributed by atoms with Crippen molar-refractivity contribution in [3.63, 3.8) is 0 Å². The molecule has 2 aromatic heterocycles. The van der Waals surface area contributed by atoms with Crippen LogP contribution in [0.4, 0.5) is 0 Å². The third-order valence-corrected chi connectivity index (χ3v) is 3.03. The highest BCUT2D eigenvalue weighted by molar-refractivity contribution is 5.55. The minimum Gasteiger partial charge on any atom is -0.241 e. The van der Waals surface area contributed by atoms with E-state index in [9.17, 15) is 0 Å². The van der Waals surface area contributed by atoms with Crippen molar-refractivity contribution < 1.29 is 0 Å². The van der Waals surface area contributed by atoms with Crippen LogP contribution in [0.3, 0.4) is 0 Å². The molecule has 0 bridgehead atoms. The number of fused-ring (bicyclic) bond motifs is 1. The van der Waals surface area contributed by atoms with Crippen molar-refractivity contribution in [2.45, 2.75) is 26.7 Å². The highest BCUT2D eigenvalue weighted by Gasteiger charge is 2.19. The van der Waals surface area contributed by atoms with Gasteiger partial charge in [-0.05, 0) is 12.0 Å². The Kier molecular flexibility index (Phi) is 2.61. The summed E-state index contributed by atoms with van der Waals surface area (Å²) in [7, 11) is 0. The lowest BCUT2D eigenvalue weighted by atomic mass is 9.93. The number of nitriles is 1. The molecule has 0 aliphatic heterocycles. The van der Waals surface area contributed by atoms with Crippen LogP contribution in [-0.4, -0.2) is 14.6 Å². The summed E-state index contributed by atoms with van der Waals surface area (Å²) in [6.07, 6.45) is 3.23. The van der Waals surface area contributed by atoms with Crippen molar-refractivity contribution in [3.8, 4) is 6.07 Å². The third kappa shape index (κ3) is 1.54. The summed E-state index contributed by atoms with van der Waals surface area (Å²) in [5, 5.41) is 13.3. The lowest BCUT2D eigenvalue weighted by Crippen LogP contribution is -2.08. The second kappa shape index (κ2) is 3.93. The molecule has 0 radical (unpaired) electrons. The predicted molar refractivity (Wildman–Crippen MR) is 61.0 cm³/mol. The Labute approximate surface area is 94.5 Å². The first kappa shape index (κ1) is 10.6. The summed E-state index contributed by atoms with van der Waals surface area (Å²) in [6.45, 7) is 6.41. The van der Waals surface area contributed by atoms with Crippen LogP contribution in [0.1, 0.15) is 37.9 Å².